The van der Waals surface area contributed by atoms with Crippen molar-refractivity contribution in [2.24, 2.45) is 5.92 Å². The van der Waals surface area contributed by atoms with E-state index in [4.69, 9.17) is 0 Å². The molecule has 2 N–H and O–H groups in total. The number of benzene rings is 2. The Morgan fingerprint density at radius 2 is 1.87 bits per heavy atom. The average molecular weight is 495 g/mol. The van der Waals surface area contributed by atoms with Crippen LogP contribution in [0.4, 0.5) is 10.8 Å². The van der Waals surface area contributed by atoms with E-state index < -0.39 is 10.0 Å². The fourth-order valence-corrected chi connectivity index (χ4v) is 5.93. The fourth-order valence-electron chi connectivity index (χ4n) is 2.43. The highest BCUT2D eigenvalue weighted by atomic mass is 32.2. The normalized spacial score (nSPS) is 11.5. The second-order valence-electron chi connectivity index (χ2n) is 6.76. The van der Waals surface area contributed by atoms with Gasteiger partial charge in [-0.05, 0) is 30.0 Å². The first-order chi connectivity index (χ1) is 14.8. The van der Waals surface area contributed by atoms with Gasteiger partial charge in [-0.2, -0.15) is 0 Å². The molecule has 0 radical (unpaired) electrons. The predicted molar refractivity (Wildman–Crippen MR) is 128 cm³/mol. The van der Waals surface area contributed by atoms with Gasteiger partial charge in [0, 0.05) is 16.6 Å². The molecule has 7 nitrogen and oxygen atoms in total. The number of carbonyl (C=O) groups is 1. The van der Waals surface area contributed by atoms with Gasteiger partial charge in [0.05, 0.1) is 10.6 Å². The van der Waals surface area contributed by atoms with Crippen molar-refractivity contribution in [1.29, 1.82) is 0 Å². The Hall–Kier alpha value is -2.08. The van der Waals surface area contributed by atoms with Crippen molar-refractivity contribution in [2.75, 3.05) is 16.3 Å². The van der Waals surface area contributed by atoms with Gasteiger partial charge in [0.25, 0.3) is 10.0 Å². The van der Waals surface area contributed by atoms with Crippen LogP contribution in [0.5, 0.6) is 0 Å². The number of nitrogens with one attached hydrogen (secondary N) is 2. The van der Waals surface area contributed by atoms with Crippen LogP contribution in [0, 0.1) is 5.92 Å². The summed E-state index contributed by atoms with van der Waals surface area (Å²) in [4.78, 5) is 12.9. The number of amides is 1. The maximum atomic E-state index is 12.9. The van der Waals surface area contributed by atoms with Crippen LogP contribution in [0.25, 0.3) is 0 Å². The van der Waals surface area contributed by atoms with E-state index >= 15 is 0 Å². The molecule has 3 rings (SSSR count). The van der Waals surface area contributed by atoms with E-state index in [2.05, 4.69) is 20.2 Å². The van der Waals surface area contributed by atoms with E-state index in [0.29, 0.717) is 10.0 Å². The second-order valence-corrected chi connectivity index (χ2v) is 11.5. The van der Waals surface area contributed by atoms with Gasteiger partial charge in [0.2, 0.25) is 11.0 Å². The molecule has 1 aromatic heterocycles. The largest absolute Gasteiger partial charge is 0.325 e. The SMILES string of the molecule is CSc1ccc(S(=O)(=O)Nc2nnc(SCc3ccccc3)s2)cc1NC(=O)C(C)C. The minimum atomic E-state index is -3.88. The van der Waals surface area contributed by atoms with E-state index in [1.807, 2.05) is 36.6 Å². The molecule has 2 aromatic carbocycles. The van der Waals surface area contributed by atoms with Gasteiger partial charge < -0.3 is 5.32 Å². The first-order valence-electron chi connectivity index (χ1n) is 9.30. The first-order valence-corrected chi connectivity index (χ1v) is 13.8. The summed E-state index contributed by atoms with van der Waals surface area (Å²) in [5.74, 6) is 0.320. The van der Waals surface area contributed by atoms with Crippen molar-refractivity contribution in [3.05, 3.63) is 54.1 Å². The number of anilines is 2. The highest BCUT2D eigenvalue weighted by Gasteiger charge is 2.20. The van der Waals surface area contributed by atoms with Crippen LogP contribution in [0.15, 0.2) is 62.7 Å². The molecule has 164 valence electrons. The van der Waals surface area contributed by atoms with Crippen molar-refractivity contribution in [1.82, 2.24) is 10.2 Å². The third kappa shape index (κ3) is 6.45. The molecule has 0 atom stereocenters. The Morgan fingerprint density at radius 1 is 1.13 bits per heavy atom. The lowest BCUT2D eigenvalue weighted by Crippen LogP contribution is -2.19. The molecule has 0 aliphatic heterocycles. The summed E-state index contributed by atoms with van der Waals surface area (Å²) < 4.78 is 28.9. The first kappa shape index (κ1) is 23.6. The number of hydrogen-bond donors (Lipinski definition) is 2. The molecular formula is C20H22N4O3S4. The van der Waals surface area contributed by atoms with E-state index in [0.717, 1.165) is 16.2 Å². The smallest absolute Gasteiger partial charge is 0.263 e. The molecule has 0 spiro atoms. The van der Waals surface area contributed by atoms with Gasteiger partial charge in [-0.1, -0.05) is 67.3 Å². The lowest BCUT2D eigenvalue weighted by atomic mass is 10.2. The topological polar surface area (TPSA) is 101 Å². The van der Waals surface area contributed by atoms with E-state index in [1.165, 1.54) is 47.0 Å². The molecule has 1 heterocycles. The second kappa shape index (κ2) is 10.5. The van der Waals surface area contributed by atoms with Crippen LogP contribution in [-0.2, 0) is 20.6 Å². The van der Waals surface area contributed by atoms with Crippen LogP contribution >= 0.6 is 34.9 Å². The summed E-state index contributed by atoms with van der Waals surface area (Å²) in [6.45, 7) is 3.55. The number of sulfonamides is 1. The highest BCUT2D eigenvalue weighted by molar-refractivity contribution is 8.00. The zero-order chi connectivity index (χ0) is 22.4. The Balaban J connectivity index is 1.73. The highest BCUT2D eigenvalue weighted by Crippen LogP contribution is 2.32. The Bertz CT molecular complexity index is 1150. The molecule has 11 heteroatoms. The van der Waals surface area contributed by atoms with Crippen molar-refractivity contribution < 1.29 is 13.2 Å². The molecule has 0 aliphatic carbocycles. The van der Waals surface area contributed by atoms with Gasteiger partial charge in [0.1, 0.15) is 0 Å². The van der Waals surface area contributed by atoms with Gasteiger partial charge in [0.15, 0.2) is 4.34 Å². The number of nitrogens with zero attached hydrogens (tertiary/aromatic N) is 2. The van der Waals surface area contributed by atoms with Crippen LogP contribution in [0.1, 0.15) is 19.4 Å². The fraction of sp³-hybridized carbons (Fsp3) is 0.250. The zero-order valence-corrected chi connectivity index (χ0v) is 20.4. The van der Waals surface area contributed by atoms with E-state index in [1.54, 1.807) is 19.9 Å². The van der Waals surface area contributed by atoms with E-state index in [-0.39, 0.29) is 21.9 Å². The molecule has 0 fully saturated rings. The Kier molecular flexibility index (Phi) is 7.98. The standard InChI is InChI=1S/C20H22N4O3S4/c1-13(2)18(25)21-16-11-15(9-10-17(16)28-3)31(26,27)24-19-22-23-20(30-19)29-12-14-7-5-4-6-8-14/h4-11,13H,12H2,1-3H3,(H,21,25)(H,22,24). The lowest BCUT2D eigenvalue weighted by molar-refractivity contribution is -0.118. The molecule has 1 amide bonds. The molecule has 0 saturated carbocycles. The van der Waals surface area contributed by atoms with Crippen LogP contribution in [0.3, 0.4) is 0 Å². The summed E-state index contributed by atoms with van der Waals surface area (Å²) in [5.41, 5.74) is 1.61. The van der Waals surface area contributed by atoms with Crippen molar-refractivity contribution in [2.45, 2.75) is 33.7 Å². The minimum absolute atomic E-state index is 0.0399. The maximum Gasteiger partial charge on any atom is 0.263 e. The lowest BCUT2D eigenvalue weighted by Gasteiger charge is -2.13. The van der Waals surface area contributed by atoms with Crippen molar-refractivity contribution in [3.63, 3.8) is 0 Å². The van der Waals surface area contributed by atoms with Gasteiger partial charge in [-0.15, -0.1) is 22.0 Å². The van der Waals surface area contributed by atoms with Crippen molar-refractivity contribution >= 4 is 61.6 Å². The number of aromatic nitrogens is 2. The number of carbonyl (C=O) groups excluding carboxylic acids is 1. The Morgan fingerprint density at radius 3 is 2.55 bits per heavy atom. The summed E-state index contributed by atoms with van der Waals surface area (Å²) in [7, 11) is -3.88. The summed E-state index contributed by atoms with van der Waals surface area (Å²) in [6.07, 6.45) is 1.86. The number of thioether (sulfide) groups is 2. The third-order valence-corrected chi connectivity index (χ3v) is 8.40. The molecule has 0 bridgehead atoms. The summed E-state index contributed by atoms with van der Waals surface area (Å²) >= 11 is 4.10. The zero-order valence-electron chi connectivity index (χ0n) is 17.2. The van der Waals surface area contributed by atoms with Gasteiger partial charge >= 0.3 is 0 Å². The van der Waals surface area contributed by atoms with Gasteiger partial charge in [-0.3, -0.25) is 9.52 Å². The monoisotopic (exact) mass is 494 g/mol. The molecule has 0 saturated heterocycles. The molecule has 3 aromatic rings. The van der Waals surface area contributed by atoms with Crippen LogP contribution in [-0.4, -0.2) is 30.8 Å². The van der Waals surface area contributed by atoms with Gasteiger partial charge in [-0.25, -0.2) is 8.42 Å². The molecule has 0 unspecified atom stereocenters. The van der Waals surface area contributed by atoms with Crippen molar-refractivity contribution in [3.8, 4) is 0 Å². The molecule has 0 aliphatic rings. The molecular weight excluding hydrogens is 473 g/mol. The van der Waals surface area contributed by atoms with E-state index in [9.17, 15) is 13.2 Å². The summed E-state index contributed by atoms with van der Waals surface area (Å²) in [6, 6.07) is 14.6. The average Bonchev–Trinajstić information content (AvgIpc) is 3.19. The van der Waals surface area contributed by atoms with Crippen LogP contribution < -0.4 is 10.0 Å². The number of rotatable bonds is 9. The summed E-state index contributed by atoms with van der Waals surface area (Å²) in [5, 5.41) is 11.0. The maximum absolute atomic E-state index is 12.9. The quantitative estimate of drug-likeness (QED) is 0.406. The molecule has 31 heavy (non-hydrogen) atoms. The third-order valence-electron chi connectivity index (χ3n) is 4.10. The minimum Gasteiger partial charge on any atom is -0.325 e. The van der Waals surface area contributed by atoms with Crippen LogP contribution in [0.2, 0.25) is 0 Å². The predicted octanol–water partition coefficient (Wildman–Crippen LogP) is 4.95. The Labute approximate surface area is 194 Å². The number of hydrogen-bond acceptors (Lipinski definition) is 8.